The molecule has 0 aliphatic carbocycles. The fourth-order valence-corrected chi connectivity index (χ4v) is 4.11. The van der Waals surface area contributed by atoms with Gasteiger partial charge in [0.15, 0.2) is 11.6 Å². The molecule has 2 aliphatic heterocycles. The summed E-state index contributed by atoms with van der Waals surface area (Å²) < 4.78 is 87.6. The summed E-state index contributed by atoms with van der Waals surface area (Å²) in [6, 6.07) is 2.93. The minimum Gasteiger partial charge on any atom is -0.381 e. The van der Waals surface area contributed by atoms with Gasteiger partial charge in [-0.1, -0.05) is 12.1 Å². The van der Waals surface area contributed by atoms with Crippen LogP contribution in [0.25, 0.3) is 0 Å². The van der Waals surface area contributed by atoms with Gasteiger partial charge in [-0.3, -0.25) is 0 Å². The zero-order chi connectivity index (χ0) is 22.9. The van der Waals surface area contributed by atoms with Crippen molar-refractivity contribution < 1.29 is 31.1 Å². The SMILES string of the molecule is Fc1c(NCC2CCOCC2)ncnc1N1CC(F)(F)CC1c1ccc(C(F)(F)F)cc1. The maximum Gasteiger partial charge on any atom is 0.416 e. The predicted octanol–water partition coefficient (Wildman–Crippen LogP) is 5.06. The van der Waals surface area contributed by atoms with Crippen LogP contribution in [-0.4, -0.2) is 42.2 Å². The highest BCUT2D eigenvalue weighted by molar-refractivity contribution is 5.54. The predicted molar refractivity (Wildman–Crippen MR) is 105 cm³/mol. The Morgan fingerprint density at radius 1 is 1.09 bits per heavy atom. The number of aromatic nitrogens is 2. The number of nitrogens with one attached hydrogen (secondary N) is 1. The molecule has 174 valence electrons. The molecule has 0 amide bonds. The third-order valence-corrected chi connectivity index (χ3v) is 5.83. The summed E-state index contributed by atoms with van der Waals surface area (Å²) in [4.78, 5) is 8.88. The van der Waals surface area contributed by atoms with E-state index in [4.69, 9.17) is 4.74 Å². The second-order valence-electron chi connectivity index (χ2n) is 8.12. The lowest BCUT2D eigenvalue weighted by atomic mass is 10.0. The van der Waals surface area contributed by atoms with Gasteiger partial charge in [-0.15, -0.1) is 0 Å². The minimum absolute atomic E-state index is 0.0946. The number of ether oxygens (including phenoxy) is 1. The minimum atomic E-state index is -4.54. The van der Waals surface area contributed by atoms with Crippen molar-refractivity contribution in [1.29, 1.82) is 0 Å². The van der Waals surface area contributed by atoms with Gasteiger partial charge in [0.1, 0.15) is 6.33 Å². The fraction of sp³-hybridized carbons (Fsp3) is 0.524. The van der Waals surface area contributed by atoms with Gasteiger partial charge in [-0.2, -0.15) is 17.6 Å². The number of alkyl halides is 5. The number of nitrogens with zero attached hydrogens (tertiary/aromatic N) is 3. The average Bonchev–Trinajstić information content (AvgIpc) is 3.08. The Labute approximate surface area is 180 Å². The van der Waals surface area contributed by atoms with E-state index in [-0.39, 0.29) is 23.1 Å². The van der Waals surface area contributed by atoms with Crippen molar-refractivity contribution >= 4 is 11.6 Å². The first-order valence-electron chi connectivity index (χ1n) is 10.3. The van der Waals surface area contributed by atoms with Crippen molar-refractivity contribution in [3.63, 3.8) is 0 Å². The largest absolute Gasteiger partial charge is 0.416 e. The van der Waals surface area contributed by atoms with Crippen molar-refractivity contribution in [2.45, 2.75) is 37.4 Å². The Hall–Kier alpha value is -2.56. The van der Waals surface area contributed by atoms with E-state index in [0.717, 1.165) is 48.3 Å². The average molecular weight is 460 g/mol. The van der Waals surface area contributed by atoms with Crippen molar-refractivity contribution in [3.8, 4) is 0 Å². The molecule has 11 heteroatoms. The van der Waals surface area contributed by atoms with Crippen LogP contribution < -0.4 is 10.2 Å². The number of rotatable bonds is 5. The van der Waals surface area contributed by atoms with Crippen molar-refractivity contribution in [2.75, 3.05) is 36.5 Å². The molecule has 4 rings (SSSR count). The van der Waals surface area contributed by atoms with Crippen molar-refractivity contribution in [3.05, 3.63) is 47.5 Å². The second-order valence-corrected chi connectivity index (χ2v) is 8.12. The van der Waals surface area contributed by atoms with E-state index in [1.807, 2.05) is 0 Å². The van der Waals surface area contributed by atoms with Crippen molar-refractivity contribution in [1.82, 2.24) is 9.97 Å². The number of benzene rings is 1. The van der Waals surface area contributed by atoms with Crippen LogP contribution >= 0.6 is 0 Å². The lowest BCUT2D eigenvalue weighted by Gasteiger charge is -2.27. The lowest BCUT2D eigenvalue weighted by Crippen LogP contribution is -2.29. The monoisotopic (exact) mass is 460 g/mol. The first kappa shape index (κ1) is 22.6. The molecule has 0 radical (unpaired) electrons. The number of anilines is 2. The molecule has 2 aliphatic rings. The quantitative estimate of drug-likeness (QED) is 0.633. The molecule has 32 heavy (non-hydrogen) atoms. The fourth-order valence-electron chi connectivity index (χ4n) is 4.11. The van der Waals surface area contributed by atoms with E-state index in [2.05, 4.69) is 15.3 Å². The molecule has 1 N–H and O–H groups in total. The van der Waals surface area contributed by atoms with Gasteiger partial charge < -0.3 is 15.0 Å². The van der Waals surface area contributed by atoms with E-state index < -0.39 is 42.5 Å². The topological polar surface area (TPSA) is 50.3 Å². The van der Waals surface area contributed by atoms with Crippen LogP contribution in [0, 0.1) is 11.7 Å². The Morgan fingerprint density at radius 3 is 2.44 bits per heavy atom. The van der Waals surface area contributed by atoms with Crippen LogP contribution in [-0.2, 0) is 10.9 Å². The molecular formula is C21H22F6N4O. The van der Waals surface area contributed by atoms with Crippen LogP contribution in [0.15, 0.2) is 30.6 Å². The first-order chi connectivity index (χ1) is 15.1. The zero-order valence-corrected chi connectivity index (χ0v) is 17.0. The van der Waals surface area contributed by atoms with E-state index in [1.54, 1.807) is 0 Å². The third-order valence-electron chi connectivity index (χ3n) is 5.83. The molecule has 3 heterocycles. The second kappa shape index (κ2) is 8.76. The highest BCUT2D eigenvalue weighted by atomic mass is 19.4. The summed E-state index contributed by atoms with van der Waals surface area (Å²) in [5.74, 6) is -4.15. The molecule has 0 spiro atoms. The van der Waals surface area contributed by atoms with E-state index >= 15 is 4.39 Å². The normalized spacial score (nSPS) is 21.7. The Morgan fingerprint density at radius 2 is 1.78 bits per heavy atom. The van der Waals surface area contributed by atoms with Gasteiger partial charge >= 0.3 is 6.18 Å². The highest BCUT2D eigenvalue weighted by Crippen LogP contribution is 2.44. The molecule has 1 unspecified atom stereocenters. The van der Waals surface area contributed by atoms with Gasteiger partial charge in [0.25, 0.3) is 5.92 Å². The first-order valence-corrected chi connectivity index (χ1v) is 10.3. The van der Waals surface area contributed by atoms with Crippen LogP contribution in [0.1, 0.15) is 36.4 Å². The van der Waals surface area contributed by atoms with Gasteiger partial charge in [-0.05, 0) is 36.5 Å². The number of hydrogen-bond acceptors (Lipinski definition) is 5. The van der Waals surface area contributed by atoms with Gasteiger partial charge in [0, 0.05) is 26.2 Å². The standard InChI is InChI=1S/C21H22F6N4O/c22-17-18(28-10-13-5-7-32-8-6-13)29-12-30-19(17)31-11-20(23,24)9-16(31)14-1-3-15(4-2-14)21(25,26)27/h1-4,12-13,16H,5-11H2,(H,28,29,30). The maximum absolute atomic E-state index is 15.2. The van der Waals surface area contributed by atoms with Crippen LogP contribution in [0.2, 0.25) is 0 Å². The molecule has 1 atom stereocenters. The van der Waals surface area contributed by atoms with E-state index in [1.165, 1.54) is 0 Å². The Kier molecular flexibility index (Phi) is 6.19. The summed E-state index contributed by atoms with van der Waals surface area (Å²) in [6.07, 6.45) is -2.47. The molecule has 1 aromatic carbocycles. The summed E-state index contributed by atoms with van der Waals surface area (Å²) in [5, 5.41) is 2.93. The van der Waals surface area contributed by atoms with E-state index in [9.17, 15) is 22.0 Å². The summed E-state index contributed by atoms with van der Waals surface area (Å²) >= 11 is 0. The number of hydrogen-bond donors (Lipinski definition) is 1. The molecule has 0 saturated carbocycles. The van der Waals surface area contributed by atoms with E-state index in [0.29, 0.717) is 19.8 Å². The smallest absolute Gasteiger partial charge is 0.381 e. The van der Waals surface area contributed by atoms with Crippen molar-refractivity contribution in [2.24, 2.45) is 5.92 Å². The third kappa shape index (κ3) is 4.92. The van der Waals surface area contributed by atoms with Crippen LogP contribution in [0.3, 0.4) is 0 Å². The van der Waals surface area contributed by atoms with Gasteiger partial charge in [0.05, 0.1) is 18.2 Å². The summed E-state index contributed by atoms with van der Waals surface area (Å²) in [5.41, 5.74) is -0.657. The van der Waals surface area contributed by atoms with Crippen LogP contribution in [0.5, 0.6) is 0 Å². The molecule has 1 aromatic heterocycles. The summed E-state index contributed by atoms with van der Waals surface area (Å²) in [6.45, 7) is 0.907. The Balaban J connectivity index is 1.57. The number of halogens is 6. The highest BCUT2D eigenvalue weighted by Gasteiger charge is 2.47. The zero-order valence-electron chi connectivity index (χ0n) is 17.0. The molecule has 2 aromatic rings. The Bertz CT molecular complexity index is 931. The molecular weight excluding hydrogens is 438 g/mol. The maximum atomic E-state index is 15.2. The lowest BCUT2D eigenvalue weighted by molar-refractivity contribution is -0.137. The van der Waals surface area contributed by atoms with Gasteiger partial charge in [0.2, 0.25) is 5.82 Å². The van der Waals surface area contributed by atoms with Gasteiger partial charge in [-0.25, -0.2) is 18.7 Å². The molecule has 5 nitrogen and oxygen atoms in total. The van der Waals surface area contributed by atoms with Crippen LogP contribution in [0.4, 0.5) is 38.0 Å². The molecule has 0 bridgehead atoms. The molecule has 2 saturated heterocycles. The summed E-state index contributed by atoms with van der Waals surface area (Å²) in [7, 11) is 0. The molecule has 2 fully saturated rings.